The second-order valence-corrected chi connectivity index (χ2v) is 5.70. The molecule has 0 radical (unpaired) electrons. The number of nitrogens with one attached hydrogen (secondary N) is 1. The van der Waals surface area contributed by atoms with Gasteiger partial charge < -0.3 is 15.2 Å². The molecule has 0 atom stereocenters. The fourth-order valence-corrected chi connectivity index (χ4v) is 2.78. The lowest BCUT2D eigenvalue weighted by Gasteiger charge is -2.12. The third kappa shape index (κ3) is 5.02. The molecular formula is C16H22N2O6. The predicted octanol–water partition coefficient (Wildman–Crippen LogP) is 1.27. The second-order valence-electron chi connectivity index (χ2n) is 5.70. The Balaban J connectivity index is 0.000000413. The van der Waals surface area contributed by atoms with Gasteiger partial charge in [0.05, 0.1) is 12.2 Å². The van der Waals surface area contributed by atoms with Crippen molar-refractivity contribution in [3.05, 3.63) is 22.5 Å². The van der Waals surface area contributed by atoms with Crippen LogP contribution in [0.3, 0.4) is 0 Å². The number of aryl methyl sites for hydroxylation is 1. The Bertz CT molecular complexity index is 644. The fourth-order valence-electron chi connectivity index (χ4n) is 2.78. The molecule has 1 aromatic rings. The van der Waals surface area contributed by atoms with Crippen LogP contribution in [-0.4, -0.2) is 63.2 Å². The van der Waals surface area contributed by atoms with Gasteiger partial charge in [-0.3, -0.25) is 14.5 Å². The van der Waals surface area contributed by atoms with E-state index >= 15 is 0 Å². The standard InChI is InChI=1S/C14H20N2O2.C2H2O4/c1-9-13(11(3)17)10(2)15-14(9)12(18)8-16-6-4-5-7-16;3-1(4)2(5)6/h15H,4-8H2,1-3H3;(H,3,4)(H,5,6). The first-order valence-electron chi connectivity index (χ1n) is 7.57. The molecule has 1 aromatic heterocycles. The van der Waals surface area contributed by atoms with Crippen molar-refractivity contribution in [2.24, 2.45) is 0 Å². The lowest BCUT2D eigenvalue weighted by atomic mass is 10.1. The van der Waals surface area contributed by atoms with Crippen LogP contribution < -0.4 is 0 Å². The van der Waals surface area contributed by atoms with Crippen LogP contribution in [0.15, 0.2) is 0 Å². The van der Waals surface area contributed by atoms with Gasteiger partial charge in [-0.2, -0.15) is 0 Å². The monoisotopic (exact) mass is 338 g/mol. The smallest absolute Gasteiger partial charge is 0.414 e. The van der Waals surface area contributed by atoms with Gasteiger partial charge >= 0.3 is 11.9 Å². The van der Waals surface area contributed by atoms with Crippen LogP contribution in [0.4, 0.5) is 0 Å². The van der Waals surface area contributed by atoms with Crippen LogP contribution in [0.1, 0.15) is 51.9 Å². The molecule has 0 aliphatic carbocycles. The first-order chi connectivity index (χ1) is 11.1. The number of H-pyrrole nitrogens is 1. The average Bonchev–Trinajstić information content (AvgIpc) is 3.07. The molecular weight excluding hydrogens is 316 g/mol. The van der Waals surface area contributed by atoms with Gasteiger partial charge in [-0.15, -0.1) is 0 Å². The molecule has 0 amide bonds. The Labute approximate surface area is 139 Å². The average molecular weight is 338 g/mol. The quantitative estimate of drug-likeness (QED) is 0.557. The lowest BCUT2D eigenvalue weighted by Crippen LogP contribution is -2.27. The zero-order chi connectivity index (χ0) is 18.4. The minimum Gasteiger partial charge on any atom is -0.473 e. The normalized spacial score (nSPS) is 14.0. The summed E-state index contributed by atoms with van der Waals surface area (Å²) in [7, 11) is 0. The summed E-state index contributed by atoms with van der Waals surface area (Å²) >= 11 is 0. The van der Waals surface area contributed by atoms with E-state index in [0.29, 0.717) is 17.8 Å². The number of Topliss-reactive ketones (excluding diaryl/α,β-unsaturated/α-hetero) is 2. The summed E-state index contributed by atoms with van der Waals surface area (Å²) in [4.78, 5) is 47.2. The van der Waals surface area contributed by atoms with Crippen molar-refractivity contribution in [3.63, 3.8) is 0 Å². The Morgan fingerprint density at radius 2 is 1.54 bits per heavy atom. The topological polar surface area (TPSA) is 128 Å². The third-order valence-corrected chi connectivity index (χ3v) is 3.82. The van der Waals surface area contributed by atoms with E-state index in [1.165, 1.54) is 19.8 Å². The highest BCUT2D eigenvalue weighted by Gasteiger charge is 2.22. The van der Waals surface area contributed by atoms with Gasteiger partial charge in [-0.25, -0.2) is 9.59 Å². The van der Waals surface area contributed by atoms with Crippen LogP contribution in [0.2, 0.25) is 0 Å². The summed E-state index contributed by atoms with van der Waals surface area (Å²) in [5, 5.41) is 14.8. The fraction of sp³-hybridized carbons (Fsp3) is 0.500. The highest BCUT2D eigenvalue weighted by Crippen LogP contribution is 2.19. The Kier molecular flexibility index (Phi) is 6.84. The number of carboxylic acid groups (broad SMARTS) is 2. The predicted molar refractivity (Wildman–Crippen MR) is 85.5 cm³/mol. The molecule has 1 fully saturated rings. The van der Waals surface area contributed by atoms with E-state index in [4.69, 9.17) is 19.8 Å². The number of likely N-dealkylation sites (tertiary alicyclic amines) is 1. The first-order valence-corrected chi connectivity index (χ1v) is 7.57. The van der Waals surface area contributed by atoms with Crippen molar-refractivity contribution in [1.29, 1.82) is 0 Å². The van der Waals surface area contributed by atoms with Crippen molar-refractivity contribution in [2.45, 2.75) is 33.6 Å². The summed E-state index contributed by atoms with van der Waals surface area (Å²) in [6, 6.07) is 0. The third-order valence-electron chi connectivity index (χ3n) is 3.82. The molecule has 0 bridgehead atoms. The van der Waals surface area contributed by atoms with Crippen LogP contribution in [0, 0.1) is 13.8 Å². The maximum atomic E-state index is 12.2. The summed E-state index contributed by atoms with van der Waals surface area (Å²) in [6.45, 7) is 7.69. The number of aromatic nitrogens is 1. The second kappa shape index (κ2) is 8.39. The minimum absolute atomic E-state index is 0.0153. The summed E-state index contributed by atoms with van der Waals surface area (Å²) < 4.78 is 0. The Morgan fingerprint density at radius 3 is 1.92 bits per heavy atom. The molecule has 1 aliphatic heterocycles. The summed E-state index contributed by atoms with van der Waals surface area (Å²) in [6.07, 6.45) is 2.35. The molecule has 1 saturated heterocycles. The molecule has 1 aliphatic rings. The molecule has 0 unspecified atom stereocenters. The number of hydrogen-bond donors (Lipinski definition) is 3. The van der Waals surface area contributed by atoms with Crippen molar-refractivity contribution in [1.82, 2.24) is 9.88 Å². The number of hydrogen-bond acceptors (Lipinski definition) is 5. The van der Waals surface area contributed by atoms with Gasteiger partial charge in [-0.1, -0.05) is 0 Å². The van der Waals surface area contributed by atoms with E-state index in [1.54, 1.807) is 0 Å². The van der Waals surface area contributed by atoms with E-state index in [-0.39, 0.29) is 11.6 Å². The van der Waals surface area contributed by atoms with E-state index in [1.807, 2.05) is 13.8 Å². The number of nitrogens with zero attached hydrogens (tertiary/aromatic N) is 1. The minimum atomic E-state index is -1.82. The summed E-state index contributed by atoms with van der Waals surface area (Å²) in [5.41, 5.74) is 2.86. The van der Waals surface area contributed by atoms with Gasteiger partial charge in [-0.05, 0) is 52.3 Å². The number of aliphatic carboxylic acids is 2. The number of ketones is 2. The van der Waals surface area contributed by atoms with Crippen LogP contribution in [-0.2, 0) is 9.59 Å². The van der Waals surface area contributed by atoms with Crippen LogP contribution in [0.25, 0.3) is 0 Å². The van der Waals surface area contributed by atoms with Crippen LogP contribution in [0.5, 0.6) is 0 Å². The highest BCUT2D eigenvalue weighted by atomic mass is 16.4. The Morgan fingerprint density at radius 1 is 1.04 bits per heavy atom. The van der Waals surface area contributed by atoms with Gasteiger partial charge in [0.1, 0.15) is 0 Å². The zero-order valence-corrected chi connectivity index (χ0v) is 14.0. The van der Waals surface area contributed by atoms with Crippen molar-refractivity contribution < 1.29 is 29.4 Å². The first kappa shape index (κ1) is 19.6. The number of carboxylic acids is 2. The number of aromatic amines is 1. The molecule has 24 heavy (non-hydrogen) atoms. The maximum absolute atomic E-state index is 12.2. The molecule has 2 rings (SSSR count). The Hall–Kier alpha value is -2.48. The number of rotatable bonds is 4. The molecule has 0 saturated carbocycles. The van der Waals surface area contributed by atoms with Gasteiger partial charge in [0, 0.05) is 11.3 Å². The van der Waals surface area contributed by atoms with E-state index in [9.17, 15) is 9.59 Å². The molecule has 2 heterocycles. The van der Waals surface area contributed by atoms with Gasteiger partial charge in [0.25, 0.3) is 0 Å². The van der Waals surface area contributed by atoms with Crippen molar-refractivity contribution >= 4 is 23.5 Å². The SMILES string of the molecule is CC(=O)c1c(C)[nH]c(C(=O)CN2CCCC2)c1C.O=C(O)C(=O)O. The van der Waals surface area contributed by atoms with Crippen LogP contribution >= 0.6 is 0 Å². The molecule has 132 valence electrons. The van der Waals surface area contributed by atoms with Crippen molar-refractivity contribution in [2.75, 3.05) is 19.6 Å². The lowest BCUT2D eigenvalue weighted by molar-refractivity contribution is -0.159. The molecule has 0 spiro atoms. The molecule has 0 aromatic carbocycles. The highest BCUT2D eigenvalue weighted by molar-refractivity contribution is 6.27. The molecule has 8 heteroatoms. The van der Waals surface area contributed by atoms with E-state index in [0.717, 1.165) is 24.3 Å². The van der Waals surface area contributed by atoms with E-state index in [2.05, 4.69) is 9.88 Å². The van der Waals surface area contributed by atoms with Gasteiger partial charge in [0.2, 0.25) is 0 Å². The summed E-state index contributed by atoms with van der Waals surface area (Å²) in [5.74, 6) is -3.54. The van der Waals surface area contributed by atoms with E-state index < -0.39 is 11.9 Å². The molecule has 3 N–H and O–H groups in total. The molecule has 8 nitrogen and oxygen atoms in total. The maximum Gasteiger partial charge on any atom is 0.414 e. The number of carbonyl (C=O) groups is 4. The zero-order valence-electron chi connectivity index (χ0n) is 14.0. The largest absolute Gasteiger partial charge is 0.473 e. The number of carbonyl (C=O) groups excluding carboxylic acids is 2. The van der Waals surface area contributed by atoms with Crippen molar-refractivity contribution in [3.8, 4) is 0 Å². The van der Waals surface area contributed by atoms with Gasteiger partial charge in [0.15, 0.2) is 11.6 Å².